The average molecular weight is 282 g/mol. The van der Waals surface area contributed by atoms with E-state index in [0.717, 1.165) is 6.42 Å². The fraction of sp³-hybridized carbons (Fsp3) is 0.600. The first kappa shape index (κ1) is 15.3. The van der Waals surface area contributed by atoms with Gasteiger partial charge >= 0.3 is 0 Å². The van der Waals surface area contributed by atoms with Crippen LogP contribution in [-0.4, -0.2) is 46.5 Å². The molecule has 0 saturated carbocycles. The van der Waals surface area contributed by atoms with Crippen molar-refractivity contribution in [3.05, 3.63) is 30.3 Å². The smallest absolute Gasteiger partial charge is 0.205 e. The van der Waals surface area contributed by atoms with Gasteiger partial charge in [-0.05, 0) is 18.6 Å². The van der Waals surface area contributed by atoms with Crippen molar-refractivity contribution in [3.8, 4) is 5.75 Å². The second-order valence-electron chi connectivity index (χ2n) is 5.09. The maximum absolute atomic E-state index is 10.2. The van der Waals surface area contributed by atoms with Crippen LogP contribution in [0.25, 0.3) is 0 Å². The third-order valence-corrected chi connectivity index (χ3v) is 3.63. The number of hydrogen-bond donors (Lipinski definition) is 3. The standard InChI is InChI=1S/C15H22O5/c1-2-6-11-13(17)14(18)12(9-16)20-15(11)19-10-7-4-3-5-8-10/h3-5,7-8,11-18H,2,6,9H2,1H3/t11-,12+,13+,14-,15?/m0/s1. The number of benzene rings is 1. The first-order valence-corrected chi connectivity index (χ1v) is 7.01. The predicted molar refractivity (Wildman–Crippen MR) is 73.2 cm³/mol. The van der Waals surface area contributed by atoms with Gasteiger partial charge in [-0.1, -0.05) is 31.5 Å². The Bertz CT molecular complexity index is 397. The maximum Gasteiger partial charge on any atom is 0.205 e. The van der Waals surface area contributed by atoms with E-state index in [1.54, 1.807) is 12.1 Å². The van der Waals surface area contributed by atoms with Crippen molar-refractivity contribution in [2.75, 3.05) is 6.61 Å². The molecule has 0 bridgehead atoms. The van der Waals surface area contributed by atoms with E-state index >= 15 is 0 Å². The van der Waals surface area contributed by atoms with Crippen LogP contribution in [0.1, 0.15) is 19.8 Å². The summed E-state index contributed by atoms with van der Waals surface area (Å²) in [5, 5.41) is 29.4. The molecule has 112 valence electrons. The number of rotatable bonds is 5. The van der Waals surface area contributed by atoms with Crippen molar-refractivity contribution in [2.24, 2.45) is 5.92 Å². The number of ether oxygens (including phenoxy) is 2. The Kier molecular flexibility index (Phi) is 5.37. The van der Waals surface area contributed by atoms with Crippen LogP contribution in [0.15, 0.2) is 30.3 Å². The van der Waals surface area contributed by atoms with Gasteiger partial charge in [0.1, 0.15) is 18.0 Å². The van der Waals surface area contributed by atoms with E-state index in [-0.39, 0.29) is 12.5 Å². The quantitative estimate of drug-likeness (QED) is 0.748. The molecule has 5 nitrogen and oxygen atoms in total. The normalized spacial score (nSPS) is 33.9. The highest BCUT2D eigenvalue weighted by Gasteiger charge is 2.44. The van der Waals surface area contributed by atoms with E-state index in [1.165, 1.54) is 0 Å². The van der Waals surface area contributed by atoms with Crippen molar-refractivity contribution in [3.63, 3.8) is 0 Å². The molecule has 1 aliphatic heterocycles. The molecular formula is C15H22O5. The molecule has 0 aliphatic carbocycles. The SMILES string of the molecule is CCC[C@@H]1C(Oc2ccccc2)O[C@H](CO)[C@H](O)[C@@H]1O. The van der Waals surface area contributed by atoms with Gasteiger partial charge < -0.3 is 24.8 Å². The summed E-state index contributed by atoms with van der Waals surface area (Å²) in [5.74, 6) is 0.317. The zero-order valence-electron chi connectivity index (χ0n) is 11.6. The van der Waals surface area contributed by atoms with Gasteiger partial charge in [-0.25, -0.2) is 0 Å². The van der Waals surface area contributed by atoms with E-state index < -0.39 is 24.6 Å². The Morgan fingerprint density at radius 2 is 1.85 bits per heavy atom. The van der Waals surface area contributed by atoms with Gasteiger partial charge in [0, 0.05) is 0 Å². The molecule has 3 N–H and O–H groups in total. The minimum absolute atomic E-state index is 0.321. The number of aliphatic hydroxyl groups excluding tert-OH is 3. The Hall–Kier alpha value is -1.14. The second-order valence-corrected chi connectivity index (χ2v) is 5.09. The number of aliphatic hydroxyl groups is 3. The summed E-state index contributed by atoms with van der Waals surface area (Å²) in [7, 11) is 0. The second kappa shape index (κ2) is 7.04. The first-order chi connectivity index (χ1) is 9.67. The highest BCUT2D eigenvalue weighted by Crippen LogP contribution is 2.31. The van der Waals surface area contributed by atoms with Gasteiger partial charge in [-0.15, -0.1) is 0 Å². The minimum Gasteiger partial charge on any atom is -0.465 e. The topological polar surface area (TPSA) is 79.2 Å². The van der Waals surface area contributed by atoms with E-state index in [4.69, 9.17) is 9.47 Å². The van der Waals surface area contributed by atoms with Crippen LogP contribution >= 0.6 is 0 Å². The van der Waals surface area contributed by atoms with Crippen LogP contribution in [0.4, 0.5) is 0 Å². The Morgan fingerprint density at radius 1 is 1.15 bits per heavy atom. The molecule has 1 heterocycles. The van der Waals surface area contributed by atoms with Crippen LogP contribution < -0.4 is 4.74 Å². The lowest BCUT2D eigenvalue weighted by Crippen LogP contribution is -2.57. The highest BCUT2D eigenvalue weighted by atomic mass is 16.7. The lowest BCUT2D eigenvalue weighted by molar-refractivity contribution is -0.261. The monoisotopic (exact) mass is 282 g/mol. The van der Waals surface area contributed by atoms with Crippen molar-refractivity contribution < 1.29 is 24.8 Å². The Balaban J connectivity index is 2.13. The van der Waals surface area contributed by atoms with Gasteiger partial charge in [-0.3, -0.25) is 0 Å². The first-order valence-electron chi connectivity index (χ1n) is 7.01. The van der Waals surface area contributed by atoms with Crippen LogP contribution in [0.2, 0.25) is 0 Å². The molecule has 0 radical (unpaired) electrons. The van der Waals surface area contributed by atoms with E-state index in [2.05, 4.69) is 0 Å². The molecule has 2 rings (SSSR count). The summed E-state index contributed by atoms with van der Waals surface area (Å²) >= 11 is 0. The van der Waals surface area contributed by atoms with Gasteiger partial charge in [-0.2, -0.15) is 0 Å². The van der Waals surface area contributed by atoms with Crippen LogP contribution in [0, 0.1) is 5.92 Å². The van der Waals surface area contributed by atoms with Gasteiger partial charge in [0.15, 0.2) is 0 Å². The highest BCUT2D eigenvalue weighted by molar-refractivity contribution is 5.21. The molecule has 0 amide bonds. The third-order valence-electron chi connectivity index (χ3n) is 3.63. The number of para-hydroxylation sites is 1. The molecule has 1 aromatic carbocycles. The van der Waals surface area contributed by atoms with Crippen LogP contribution in [0.3, 0.4) is 0 Å². The van der Waals surface area contributed by atoms with Gasteiger partial charge in [0.25, 0.3) is 0 Å². The Labute approximate surface area is 118 Å². The predicted octanol–water partition coefficient (Wildman–Crippen LogP) is 0.921. The molecule has 0 spiro atoms. The fourth-order valence-electron chi connectivity index (χ4n) is 2.53. The summed E-state index contributed by atoms with van der Waals surface area (Å²) in [4.78, 5) is 0. The Morgan fingerprint density at radius 3 is 2.45 bits per heavy atom. The number of hydrogen-bond acceptors (Lipinski definition) is 5. The third kappa shape index (κ3) is 3.30. The zero-order valence-corrected chi connectivity index (χ0v) is 11.6. The molecule has 1 saturated heterocycles. The largest absolute Gasteiger partial charge is 0.465 e. The molecular weight excluding hydrogens is 260 g/mol. The molecule has 1 fully saturated rings. The molecule has 1 aromatic rings. The fourth-order valence-corrected chi connectivity index (χ4v) is 2.53. The minimum atomic E-state index is -1.09. The lowest BCUT2D eigenvalue weighted by atomic mass is 9.87. The molecule has 5 heteroatoms. The summed E-state index contributed by atoms with van der Waals surface area (Å²) in [6.45, 7) is 1.64. The maximum atomic E-state index is 10.2. The van der Waals surface area contributed by atoms with E-state index in [0.29, 0.717) is 12.2 Å². The molecule has 1 unspecified atom stereocenters. The lowest BCUT2D eigenvalue weighted by Gasteiger charge is -2.42. The van der Waals surface area contributed by atoms with E-state index in [9.17, 15) is 15.3 Å². The van der Waals surface area contributed by atoms with Gasteiger partial charge in [0.2, 0.25) is 6.29 Å². The van der Waals surface area contributed by atoms with Crippen LogP contribution in [-0.2, 0) is 4.74 Å². The zero-order chi connectivity index (χ0) is 14.5. The van der Waals surface area contributed by atoms with Crippen molar-refractivity contribution in [2.45, 2.75) is 44.4 Å². The van der Waals surface area contributed by atoms with Gasteiger partial charge in [0.05, 0.1) is 18.6 Å². The van der Waals surface area contributed by atoms with E-state index in [1.807, 2.05) is 25.1 Å². The van der Waals surface area contributed by atoms with Crippen molar-refractivity contribution in [1.29, 1.82) is 0 Å². The molecule has 1 aliphatic rings. The summed E-state index contributed by atoms with van der Waals surface area (Å²) in [6.07, 6.45) is -2.04. The average Bonchev–Trinajstić information content (AvgIpc) is 2.47. The van der Waals surface area contributed by atoms with Crippen molar-refractivity contribution >= 4 is 0 Å². The molecule has 0 aromatic heterocycles. The van der Waals surface area contributed by atoms with Crippen molar-refractivity contribution in [1.82, 2.24) is 0 Å². The summed E-state index contributed by atoms with van der Waals surface area (Å²) in [6, 6.07) is 9.19. The summed E-state index contributed by atoms with van der Waals surface area (Å²) < 4.78 is 11.4. The molecule has 5 atom stereocenters. The van der Waals surface area contributed by atoms with Crippen LogP contribution in [0.5, 0.6) is 5.75 Å². The summed E-state index contributed by atoms with van der Waals surface area (Å²) in [5.41, 5.74) is 0. The molecule has 20 heavy (non-hydrogen) atoms.